The van der Waals surface area contributed by atoms with Gasteiger partial charge in [0, 0.05) is 12.6 Å². The van der Waals surface area contributed by atoms with E-state index >= 15 is 0 Å². The number of nitrogens with two attached hydrogens (primary N) is 1. The van der Waals surface area contributed by atoms with Gasteiger partial charge in [-0.15, -0.1) is 0 Å². The third kappa shape index (κ3) is 1.34. The third-order valence-corrected chi connectivity index (χ3v) is 3.98. The fourth-order valence-corrected chi connectivity index (χ4v) is 3.18. The van der Waals surface area contributed by atoms with Crippen LogP contribution >= 0.6 is 0 Å². The van der Waals surface area contributed by atoms with Gasteiger partial charge in [-0.25, -0.2) is 0 Å². The monoisotopic (exact) mass is 218 g/mol. The zero-order valence-electron chi connectivity index (χ0n) is 9.65. The van der Waals surface area contributed by atoms with E-state index in [1.54, 1.807) is 7.11 Å². The van der Waals surface area contributed by atoms with E-state index in [0.717, 1.165) is 23.0 Å². The van der Waals surface area contributed by atoms with Gasteiger partial charge in [-0.3, -0.25) is 0 Å². The van der Waals surface area contributed by atoms with Gasteiger partial charge in [0.05, 0.1) is 18.5 Å². The lowest BCUT2D eigenvalue weighted by Crippen LogP contribution is -2.32. The average molecular weight is 218 g/mol. The van der Waals surface area contributed by atoms with Crippen LogP contribution in [-0.2, 0) is 0 Å². The summed E-state index contributed by atoms with van der Waals surface area (Å²) >= 11 is 0. The second kappa shape index (κ2) is 3.58. The molecular formula is C13H18N2O. The molecule has 1 heterocycles. The van der Waals surface area contributed by atoms with Crippen molar-refractivity contribution in [3.8, 4) is 5.75 Å². The first kappa shape index (κ1) is 9.82. The van der Waals surface area contributed by atoms with Crippen LogP contribution in [-0.4, -0.2) is 19.7 Å². The second-order valence-electron chi connectivity index (χ2n) is 4.88. The molecule has 2 bridgehead atoms. The SMILES string of the molecule is COc1cccc(N2CC3CCC2C3)c1N. The molecule has 0 radical (unpaired) electrons. The molecule has 1 saturated heterocycles. The quantitative estimate of drug-likeness (QED) is 0.774. The number of hydrogen-bond donors (Lipinski definition) is 1. The van der Waals surface area contributed by atoms with Crippen molar-refractivity contribution in [1.82, 2.24) is 0 Å². The van der Waals surface area contributed by atoms with Crippen molar-refractivity contribution >= 4 is 11.4 Å². The molecule has 0 spiro atoms. The summed E-state index contributed by atoms with van der Waals surface area (Å²) < 4.78 is 5.27. The molecule has 2 aliphatic rings. The Hall–Kier alpha value is -1.38. The zero-order chi connectivity index (χ0) is 11.1. The summed E-state index contributed by atoms with van der Waals surface area (Å²) in [6.07, 6.45) is 4.06. The topological polar surface area (TPSA) is 38.5 Å². The van der Waals surface area contributed by atoms with Crippen molar-refractivity contribution in [2.24, 2.45) is 5.92 Å². The number of nitrogen functional groups attached to an aromatic ring is 1. The van der Waals surface area contributed by atoms with E-state index in [2.05, 4.69) is 11.0 Å². The largest absolute Gasteiger partial charge is 0.495 e. The standard InChI is InChI=1S/C13H18N2O/c1-16-12-4-2-3-11(13(12)14)15-8-9-5-6-10(15)7-9/h2-4,9-10H,5-8,14H2,1H3. The Balaban J connectivity index is 1.95. The number of piperidine rings is 1. The number of rotatable bonds is 2. The first-order chi connectivity index (χ1) is 7.79. The lowest BCUT2D eigenvalue weighted by Gasteiger charge is -2.30. The predicted molar refractivity (Wildman–Crippen MR) is 65.9 cm³/mol. The summed E-state index contributed by atoms with van der Waals surface area (Å²) in [5.74, 6) is 1.68. The number of fused-ring (bicyclic) bond motifs is 2. The molecule has 1 saturated carbocycles. The fraction of sp³-hybridized carbons (Fsp3) is 0.538. The lowest BCUT2D eigenvalue weighted by molar-refractivity contribution is 0.417. The summed E-state index contributed by atoms with van der Waals surface area (Å²) in [6.45, 7) is 1.17. The first-order valence-corrected chi connectivity index (χ1v) is 5.98. The molecule has 1 aliphatic carbocycles. The first-order valence-electron chi connectivity index (χ1n) is 5.98. The smallest absolute Gasteiger partial charge is 0.143 e. The van der Waals surface area contributed by atoms with Crippen LogP contribution < -0.4 is 15.4 Å². The minimum absolute atomic E-state index is 0.708. The molecule has 16 heavy (non-hydrogen) atoms. The van der Waals surface area contributed by atoms with Crippen molar-refractivity contribution in [2.75, 3.05) is 24.3 Å². The Bertz CT molecular complexity index is 405. The van der Waals surface area contributed by atoms with Gasteiger partial charge in [0.1, 0.15) is 5.75 Å². The Morgan fingerprint density at radius 3 is 2.88 bits per heavy atom. The van der Waals surface area contributed by atoms with Crippen LogP contribution in [0.1, 0.15) is 19.3 Å². The predicted octanol–water partition coefficient (Wildman–Crippen LogP) is 2.27. The zero-order valence-corrected chi connectivity index (χ0v) is 9.65. The van der Waals surface area contributed by atoms with Gasteiger partial charge < -0.3 is 15.4 Å². The Morgan fingerprint density at radius 2 is 2.25 bits per heavy atom. The van der Waals surface area contributed by atoms with E-state index in [-0.39, 0.29) is 0 Å². The van der Waals surface area contributed by atoms with Gasteiger partial charge in [0.15, 0.2) is 0 Å². The van der Waals surface area contributed by atoms with E-state index in [4.69, 9.17) is 10.5 Å². The van der Waals surface area contributed by atoms with E-state index in [0.29, 0.717) is 6.04 Å². The van der Waals surface area contributed by atoms with Gasteiger partial charge in [-0.2, -0.15) is 0 Å². The van der Waals surface area contributed by atoms with Crippen LogP contribution in [0.5, 0.6) is 5.75 Å². The van der Waals surface area contributed by atoms with Crippen molar-refractivity contribution in [2.45, 2.75) is 25.3 Å². The van der Waals surface area contributed by atoms with E-state index in [9.17, 15) is 0 Å². The van der Waals surface area contributed by atoms with Gasteiger partial charge >= 0.3 is 0 Å². The minimum atomic E-state index is 0.708. The molecule has 1 aromatic rings. The molecule has 0 amide bonds. The van der Waals surface area contributed by atoms with Crippen LogP contribution in [0.25, 0.3) is 0 Å². The molecule has 3 heteroatoms. The number of nitrogens with zero attached hydrogens (tertiary/aromatic N) is 1. The lowest BCUT2D eigenvalue weighted by atomic mass is 10.1. The highest BCUT2D eigenvalue weighted by atomic mass is 16.5. The summed E-state index contributed by atoms with van der Waals surface area (Å²) in [5.41, 5.74) is 8.09. The van der Waals surface area contributed by atoms with E-state index < -0.39 is 0 Å². The van der Waals surface area contributed by atoms with E-state index in [1.165, 1.54) is 25.8 Å². The van der Waals surface area contributed by atoms with Crippen molar-refractivity contribution in [3.63, 3.8) is 0 Å². The third-order valence-electron chi connectivity index (χ3n) is 3.98. The van der Waals surface area contributed by atoms with Gasteiger partial charge in [-0.05, 0) is 37.3 Å². The molecule has 0 aromatic heterocycles. The highest BCUT2D eigenvalue weighted by Gasteiger charge is 2.38. The number of methoxy groups -OCH3 is 1. The van der Waals surface area contributed by atoms with Crippen LogP contribution in [0.15, 0.2) is 18.2 Å². The molecule has 1 aliphatic heterocycles. The maximum atomic E-state index is 6.14. The molecule has 2 fully saturated rings. The molecule has 2 unspecified atom stereocenters. The Kier molecular flexibility index (Phi) is 2.20. The van der Waals surface area contributed by atoms with Crippen molar-refractivity contribution < 1.29 is 4.74 Å². The van der Waals surface area contributed by atoms with Crippen LogP contribution in [0.3, 0.4) is 0 Å². The molecule has 86 valence electrons. The number of para-hydroxylation sites is 1. The highest BCUT2D eigenvalue weighted by molar-refractivity contribution is 5.74. The summed E-state index contributed by atoms with van der Waals surface area (Å²) in [5, 5.41) is 0. The highest BCUT2D eigenvalue weighted by Crippen LogP contribution is 2.43. The number of anilines is 2. The van der Waals surface area contributed by atoms with Crippen molar-refractivity contribution in [3.05, 3.63) is 18.2 Å². The maximum absolute atomic E-state index is 6.14. The molecule has 3 nitrogen and oxygen atoms in total. The van der Waals surface area contributed by atoms with Crippen LogP contribution in [0.4, 0.5) is 11.4 Å². The fourth-order valence-electron chi connectivity index (χ4n) is 3.18. The molecule has 1 aromatic carbocycles. The second-order valence-corrected chi connectivity index (χ2v) is 4.88. The van der Waals surface area contributed by atoms with Gasteiger partial charge in [0.2, 0.25) is 0 Å². The molecule has 3 rings (SSSR count). The van der Waals surface area contributed by atoms with Crippen LogP contribution in [0.2, 0.25) is 0 Å². The number of benzene rings is 1. The Morgan fingerprint density at radius 1 is 1.38 bits per heavy atom. The minimum Gasteiger partial charge on any atom is -0.495 e. The summed E-state index contributed by atoms with van der Waals surface area (Å²) in [6, 6.07) is 6.77. The molecule has 2 N–H and O–H groups in total. The number of ether oxygens (including phenoxy) is 1. The van der Waals surface area contributed by atoms with E-state index in [1.807, 2.05) is 12.1 Å². The van der Waals surface area contributed by atoms with Crippen LogP contribution in [0, 0.1) is 5.92 Å². The normalized spacial score (nSPS) is 27.4. The average Bonchev–Trinajstić information content (AvgIpc) is 2.91. The van der Waals surface area contributed by atoms with Gasteiger partial charge in [-0.1, -0.05) is 6.07 Å². The maximum Gasteiger partial charge on any atom is 0.143 e. The molecular weight excluding hydrogens is 200 g/mol. The van der Waals surface area contributed by atoms with Gasteiger partial charge in [0.25, 0.3) is 0 Å². The Labute approximate surface area is 96.2 Å². The summed E-state index contributed by atoms with van der Waals surface area (Å²) in [4.78, 5) is 2.46. The summed E-state index contributed by atoms with van der Waals surface area (Å²) in [7, 11) is 1.67. The van der Waals surface area contributed by atoms with Crippen molar-refractivity contribution in [1.29, 1.82) is 0 Å². The molecule has 2 atom stereocenters. The number of hydrogen-bond acceptors (Lipinski definition) is 3.